The van der Waals surface area contributed by atoms with Crippen LogP contribution in [0.25, 0.3) is 0 Å². The zero-order valence-corrected chi connectivity index (χ0v) is 16.5. The Morgan fingerprint density at radius 3 is 2.48 bits per heavy atom. The zero-order chi connectivity index (χ0) is 18.7. The summed E-state index contributed by atoms with van der Waals surface area (Å²) in [5.74, 6) is 0. The maximum absolute atomic E-state index is 12.7. The van der Waals surface area contributed by atoms with Crippen molar-refractivity contribution in [2.75, 3.05) is 13.1 Å². The van der Waals surface area contributed by atoms with Gasteiger partial charge in [0.2, 0.25) is 10.0 Å². The molecule has 4 rings (SSSR count). The number of nitrogens with one attached hydrogen (secondary N) is 1. The minimum Gasteiger partial charge on any atom is -0.290 e. The van der Waals surface area contributed by atoms with Crippen LogP contribution in [0.3, 0.4) is 0 Å². The third-order valence-electron chi connectivity index (χ3n) is 5.05. The standard InChI is InChI=1S/C21H22N2O2S2/c24-27(25,20-8-2-1-3-9-20)22-14-21(19-11-13-26-16-19)23-12-10-17-6-4-5-7-18(17)15-23/h1-9,11,13,16,21-22H,10,12,14-15H2. The fraction of sp³-hybridized carbons (Fsp3) is 0.238. The molecule has 0 radical (unpaired) electrons. The van der Waals surface area contributed by atoms with Gasteiger partial charge in [-0.3, -0.25) is 4.90 Å². The van der Waals surface area contributed by atoms with Gasteiger partial charge in [-0.2, -0.15) is 11.3 Å². The van der Waals surface area contributed by atoms with Crippen molar-refractivity contribution in [3.8, 4) is 0 Å². The van der Waals surface area contributed by atoms with Gasteiger partial charge in [-0.1, -0.05) is 42.5 Å². The summed E-state index contributed by atoms with van der Waals surface area (Å²) in [7, 11) is -3.52. The van der Waals surface area contributed by atoms with Gasteiger partial charge in [-0.25, -0.2) is 13.1 Å². The van der Waals surface area contributed by atoms with E-state index in [0.29, 0.717) is 11.4 Å². The molecule has 2 heterocycles. The Hall–Kier alpha value is -1.99. The summed E-state index contributed by atoms with van der Waals surface area (Å²) < 4.78 is 28.1. The fourth-order valence-electron chi connectivity index (χ4n) is 3.58. The Bertz CT molecular complexity index is 986. The molecule has 4 nitrogen and oxygen atoms in total. The Labute approximate surface area is 164 Å². The van der Waals surface area contributed by atoms with Crippen molar-refractivity contribution in [1.29, 1.82) is 0 Å². The zero-order valence-electron chi connectivity index (χ0n) is 14.9. The van der Waals surface area contributed by atoms with Crippen LogP contribution in [0, 0.1) is 0 Å². The molecule has 1 aliphatic rings. The lowest BCUT2D eigenvalue weighted by Gasteiger charge is -2.35. The highest BCUT2D eigenvalue weighted by Gasteiger charge is 2.26. The SMILES string of the molecule is O=S(=O)(NCC(c1ccsc1)N1CCc2ccccc2C1)c1ccccc1. The van der Waals surface area contributed by atoms with Crippen LogP contribution in [0.15, 0.2) is 76.3 Å². The number of hydrogen-bond acceptors (Lipinski definition) is 4. The second kappa shape index (κ2) is 7.94. The van der Waals surface area contributed by atoms with E-state index >= 15 is 0 Å². The third kappa shape index (κ3) is 4.14. The molecule has 1 aliphatic heterocycles. The van der Waals surface area contributed by atoms with E-state index in [1.54, 1.807) is 35.6 Å². The van der Waals surface area contributed by atoms with Crippen molar-refractivity contribution in [1.82, 2.24) is 9.62 Å². The third-order valence-corrected chi connectivity index (χ3v) is 7.19. The average molecular weight is 399 g/mol. The van der Waals surface area contributed by atoms with E-state index in [1.807, 2.05) is 11.4 Å². The minimum atomic E-state index is -3.52. The molecule has 27 heavy (non-hydrogen) atoms. The maximum Gasteiger partial charge on any atom is 0.240 e. The first kappa shape index (κ1) is 18.4. The topological polar surface area (TPSA) is 49.4 Å². The molecule has 3 aromatic rings. The van der Waals surface area contributed by atoms with Gasteiger partial charge in [-0.05, 0) is 52.1 Å². The highest BCUT2D eigenvalue weighted by Crippen LogP contribution is 2.29. The second-order valence-corrected chi connectivity index (χ2v) is 9.27. The second-order valence-electron chi connectivity index (χ2n) is 6.73. The van der Waals surface area contributed by atoms with Crippen molar-refractivity contribution in [3.63, 3.8) is 0 Å². The largest absolute Gasteiger partial charge is 0.290 e. The molecule has 6 heteroatoms. The van der Waals surface area contributed by atoms with Crippen molar-refractivity contribution in [3.05, 3.63) is 88.1 Å². The Kier molecular flexibility index (Phi) is 5.41. The quantitative estimate of drug-likeness (QED) is 0.687. The van der Waals surface area contributed by atoms with Gasteiger partial charge in [0.1, 0.15) is 0 Å². The molecular weight excluding hydrogens is 376 g/mol. The monoisotopic (exact) mass is 398 g/mol. The number of nitrogens with zero attached hydrogens (tertiary/aromatic N) is 1. The van der Waals surface area contributed by atoms with Gasteiger partial charge in [0.25, 0.3) is 0 Å². The summed E-state index contributed by atoms with van der Waals surface area (Å²) >= 11 is 1.64. The molecule has 0 saturated carbocycles. The van der Waals surface area contributed by atoms with E-state index in [1.165, 1.54) is 11.1 Å². The first-order chi connectivity index (χ1) is 13.1. The fourth-order valence-corrected chi connectivity index (χ4v) is 5.34. The van der Waals surface area contributed by atoms with Gasteiger partial charge in [-0.15, -0.1) is 0 Å². The van der Waals surface area contributed by atoms with Gasteiger partial charge >= 0.3 is 0 Å². The molecule has 0 aliphatic carbocycles. The van der Waals surface area contributed by atoms with Crippen molar-refractivity contribution < 1.29 is 8.42 Å². The molecule has 0 saturated heterocycles. The molecule has 0 fully saturated rings. The smallest absolute Gasteiger partial charge is 0.240 e. The molecular formula is C21H22N2O2S2. The van der Waals surface area contributed by atoms with Gasteiger partial charge in [0.05, 0.1) is 4.90 Å². The Balaban J connectivity index is 1.55. The van der Waals surface area contributed by atoms with Crippen LogP contribution in [-0.2, 0) is 23.0 Å². The van der Waals surface area contributed by atoms with Crippen LogP contribution in [0.1, 0.15) is 22.7 Å². The van der Waals surface area contributed by atoms with E-state index in [2.05, 4.69) is 45.3 Å². The van der Waals surface area contributed by atoms with E-state index in [-0.39, 0.29) is 6.04 Å². The summed E-state index contributed by atoms with van der Waals surface area (Å²) in [6.07, 6.45) is 0.988. The van der Waals surface area contributed by atoms with Crippen LogP contribution in [0.4, 0.5) is 0 Å². The van der Waals surface area contributed by atoms with Crippen molar-refractivity contribution in [2.24, 2.45) is 0 Å². The van der Waals surface area contributed by atoms with Gasteiger partial charge in [0.15, 0.2) is 0 Å². The summed E-state index contributed by atoms with van der Waals surface area (Å²) in [5.41, 5.74) is 3.88. The highest BCUT2D eigenvalue weighted by atomic mass is 32.2. The molecule has 0 bridgehead atoms. The van der Waals surface area contributed by atoms with Crippen LogP contribution in [-0.4, -0.2) is 26.4 Å². The van der Waals surface area contributed by atoms with Crippen LogP contribution < -0.4 is 4.72 Å². The van der Waals surface area contributed by atoms with Crippen LogP contribution in [0.5, 0.6) is 0 Å². The molecule has 2 aromatic carbocycles. The Morgan fingerprint density at radius 2 is 1.74 bits per heavy atom. The number of benzene rings is 2. The van der Waals surface area contributed by atoms with Crippen LogP contribution >= 0.6 is 11.3 Å². The van der Waals surface area contributed by atoms with Crippen molar-refractivity contribution in [2.45, 2.75) is 23.9 Å². The molecule has 1 aromatic heterocycles. The number of sulfonamides is 1. The van der Waals surface area contributed by atoms with E-state index in [0.717, 1.165) is 25.1 Å². The molecule has 1 atom stereocenters. The first-order valence-corrected chi connectivity index (χ1v) is 11.4. The minimum absolute atomic E-state index is 0.0168. The summed E-state index contributed by atoms with van der Waals surface area (Å²) in [6.45, 7) is 2.12. The van der Waals surface area contributed by atoms with Gasteiger partial charge in [0, 0.05) is 25.7 Å². The lowest BCUT2D eigenvalue weighted by molar-refractivity contribution is 0.181. The van der Waals surface area contributed by atoms with Crippen LogP contribution in [0.2, 0.25) is 0 Å². The lowest BCUT2D eigenvalue weighted by atomic mass is 9.97. The lowest BCUT2D eigenvalue weighted by Crippen LogP contribution is -2.40. The predicted molar refractivity (Wildman–Crippen MR) is 109 cm³/mol. The van der Waals surface area contributed by atoms with E-state index < -0.39 is 10.0 Å². The maximum atomic E-state index is 12.7. The molecule has 140 valence electrons. The van der Waals surface area contributed by atoms with E-state index in [9.17, 15) is 8.42 Å². The van der Waals surface area contributed by atoms with Gasteiger partial charge < -0.3 is 0 Å². The molecule has 0 amide bonds. The number of fused-ring (bicyclic) bond motifs is 1. The summed E-state index contributed by atoms with van der Waals surface area (Å²) in [5, 5.41) is 4.16. The predicted octanol–water partition coefficient (Wildman–Crippen LogP) is 3.83. The van der Waals surface area contributed by atoms with E-state index in [4.69, 9.17) is 0 Å². The molecule has 1 unspecified atom stereocenters. The Morgan fingerprint density at radius 1 is 1.00 bits per heavy atom. The first-order valence-electron chi connectivity index (χ1n) is 9.01. The number of hydrogen-bond donors (Lipinski definition) is 1. The normalized spacial score (nSPS) is 16.0. The summed E-state index contributed by atoms with van der Waals surface area (Å²) in [4.78, 5) is 2.68. The average Bonchev–Trinajstić information content (AvgIpc) is 3.23. The number of rotatable bonds is 6. The van der Waals surface area contributed by atoms with Crippen molar-refractivity contribution >= 4 is 21.4 Å². The number of thiophene rings is 1. The molecule has 0 spiro atoms. The molecule has 1 N–H and O–H groups in total. The summed E-state index contributed by atoms with van der Waals surface area (Å²) in [6, 6.07) is 19.2. The highest BCUT2D eigenvalue weighted by molar-refractivity contribution is 7.89.